The largest absolute Gasteiger partial charge is 0.465 e. The summed E-state index contributed by atoms with van der Waals surface area (Å²) in [5.41, 5.74) is 2.47. The first-order valence-corrected chi connectivity index (χ1v) is 8.12. The van der Waals surface area contributed by atoms with E-state index in [1.54, 1.807) is 0 Å². The number of thiophene rings is 1. The van der Waals surface area contributed by atoms with Crippen molar-refractivity contribution in [2.45, 2.75) is 20.3 Å². The Balaban J connectivity index is 2.22. The lowest BCUT2D eigenvalue weighted by atomic mass is 10.1. The molecular weight excluding hydrogens is 316 g/mol. The Morgan fingerprint density at radius 2 is 1.95 bits per heavy atom. The van der Waals surface area contributed by atoms with Crippen LogP contribution in [0.25, 0.3) is 0 Å². The quantitative estimate of drug-likeness (QED) is 0.648. The molecule has 0 unspecified atom stereocenters. The molecular formula is C16H18N2O2S2. The Labute approximate surface area is 139 Å². The zero-order valence-corrected chi connectivity index (χ0v) is 14.4. The molecule has 4 nitrogen and oxygen atoms in total. The number of carbonyl (C=O) groups is 1. The molecule has 0 saturated heterocycles. The minimum absolute atomic E-state index is 0.341. The van der Waals surface area contributed by atoms with E-state index < -0.39 is 0 Å². The van der Waals surface area contributed by atoms with Crippen LogP contribution >= 0.6 is 23.6 Å². The zero-order valence-electron chi connectivity index (χ0n) is 12.7. The summed E-state index contributed by atoms with van der Waals surface area (Å²) in [6.07, 6.45) is 0.771. The number of hydrogen-bond donors (Lipinski definition) is 2. The number of thiocarbonyl (C=S) groups is 1. The fraction of sp³-hybridized carbons (Fsp3) is 0.250. The normalized spacial score (nSPS) is 10.1. The van der Waals surface area contributed by atoms with E-state index in [0.717, 1.165) is 27.5 Å². The molecule has 6 heteroatoms. The second kappa shape index (κ2) is 7.38. The summed E-state index contributed by atoms with van der Waals surface area (Å²) in [6.45, 7) is 4.01. The lowest BCUT2D eigenvalue weighted by molar-refractivity contribution is 0.0601. The topological polar surface area (TPSA) is 50.4 Å². The Hall–Kier alpha value is -1.92. The van der Waals surface area contributed by atoms with Crippen LogP contribution in [0, 0.1) is 6.92 Å². The first kappa shape index (κ1) is 16.5. The van der Waals surface area contributed by atoms with Gasteiger partial charge >= 0.3 is 5.97 Å². The van der Waals surface area contributed by atoms with Crippen LogP contribution in [0.15, 0.2) is 30.3 Å². The van der Waals surface area contributed by atoms with Gasteiger partial charge in [0.15, 0.2) is 5.11 Å². The van der Waals surface area contributed by atoms with Crippen molar-refractivity contribution in [3.8, 4) is 0 Å². The minimum atomic E-state index is -0.341. The number of methoxy groups -OCH3 is 1. The molecule has 0 bridgehead atoms. The predicted octanol–water partition coefficient (Wildman–Crippen LogP) is 4.21. The molecule has 2 aromatic rings. The Bertz CT molecular complexity index is 681. The molecule has 2 N–H and O–H groups in total. The van der Waals surface area contributed by atoms with Crippen molar-refractivity contribution in [3.63, 3.8) is 0 Å². The molecule has 0 aliphatic heterocycles. The van der Waals surface area contributed by atoms with E-state index >= 15 is 0 Å². The van der Waals surface area contributed by atoms with E-state index in [9.17, 15) is 4.79 Å². The van der Waals surface area contributed by atoms with Crippen molar-refractivity contribution in [1.82, 2.24) is 0 Å². The van der Waals surface area contributed by atoms with E-state index in [-0.39, 0.29) is 5.97 Å². The number of nitrogens with one attached hydrogen (secondary N) is 2. The maximum Gasteiger partial charge on any atom is 0.341 e. The number of esters is 1. The molecule has 0 amide bonds. The Kier molecular flexibility index (Phi) is 5.51. The molecule has 0 fully saturated rings. The van der Waals surface area contributed by atoms with E-state index in [1.165, 1.54) is 18.4 Å². The van der Waals surface area contributed by atoms with Crippen LogP contribution in [-0.4, -0.2) is 18.2 Å². The highest BCUT2D eigenvalue weighted by Gasteiger charge is 2.22. The summed E-state index contributed by atoms with van der Waals surface area (Å²) in [7, 11) is 1.39. The third kappa shape index (κ3) is 3.64. The summed E-state index contributed by atoms with van der Waals surface area (Å²) in [6, 6.07) is 9.64. The van der Waals surface area contributed by atoms with Gasteiger partial charge in [-0.05, 0) is 43.3 Å². The number of carbonyl (C=O) groups excluding carboxylic acids is 1. The number of ether oxygens (including phenoxy) is 1. The van der Waals surface area contributed by atoms with Crippen molar-refractivity contribution >= 4 is 45.3 Å². The van der Waals surface area contributed by atoms with Crippen LogP contribution in [0.4, 0.5) is 10.7 Å². The molecule has 1 aromatic carbocycles. The van der Waals surface area contributed by atoms with Crippen LogP contribution < -0.4 is 10.6 Å². The van der Waals surface area contributed by atoms with Gasteiger partial charge in [-0.1, -0.05) is 25.1 Å². The number of rotatable bonds is 4. The van der Waals surface area contributed by atoms with Gasteiger partial charge in [0.25, 0.3) is 0 Å². The third-order valence-electron chi connectivity index (χ3n) is 3.21. The fourth-order valence-corrected chi connectivity index (χ4v) is 3.62. The van der Waals surface area contributed by atoms with Crippen LogP contribution in [0.2, 0.25) is 0 Å². The molecule has 0 spiro atoms. The predicted molar refractivity (Wildman–Crippen MR) is 96.1 cm³/mol. The monoisotopic (exact) mass is 334 g/mol. The molecule has 0 atom stereocenters. The summed E-state index contributed by atoms with van der Waals surface area (Å²) < 4.78 is 4.90. The zero-order chi connectivity index (χ0) is 16.1. The van der Waals surface area contributed by atoms with E-state index in [1.807, 2.05) is 44.2 Å². The average Bonchev–Trinajstić information content (AvgIpc) is 2.82. The SMILES string of the molecule is CCc1c(C)sc(NC(=S)Nc2ccccc2)c1C(=O)OC. The maximum absolute atomic E-state index is 12.0. The van der Waals surface area contributed by atoms with Crippen LogP contribution in [0.5, 0.6) is 0 Å². The number of hydrogen-bond acceptors (Lipinski definition) is 4. The van der Waals surface area contributed by atoms with Crippen LogP contribution in [0.1, 0.15) is 27.7 Å². The fourth-order valence-electron chi connectivity index (χ4n) is 2.20. The van der Waals surface area contributed by atoms with Gasteiger partial charge in [0.05, 0.1) is 12.7 Å². The Morgan fingerprint density at radius 3 is 2.55 bits per heavy atom. The highest BCUT2D eigenvalue weighted by Crippen LogP contribution is 2.34. The van der Waals surface area contributed by atoms with Crippen molar-refractivity contribution in [2.75, 3.05) is 17.7 Å². The highest BCUT2D eigenvalue weighted by molar-refractivity contribution is 7.80. The number of aryl methyl sites for hydroxylation is 1. The van der Waals surface area contributed by atoms with E-state index in [4.69, 9.17) is 17.0 Å². The summed E-state index contributed by atoms with van der Waals surface area (Å²) in [5, 5.41) is 7.37. The van der Waals surface area contributed by atoms with Crippen molar-refractivity contribution in [1.29, 1.82) is 0 Å². The summed E-state index contributed by atoms with van der Waals surface area (Å²) in [4.78, 5) is 13.1. The van der Waals surface area contributed by atoms with E-state index in [2.05, 4.69) is 10.6 Å². The second-order valence-corrected chi connectivity index (χ2v) is 6.26. The van der Waals surface area contributed by atoms with Gasteiger partial charge in [-0.15, -0.1) is 11.3 Å². The van der Waals surface area contributed by atoms with Gasteiger partial charge in [0.1, 0.15) is 5.00 Å². The van der Waals surface area contributed by atoms with E-state index in [0.29, 0.717) is 10.7 Å². The number of anilines is 2. The lowest BCUT2D eigenvalue weighted by Gasteiger charge is -2.10. The second-order valence-electron chi connectivity index (χ2n) is 4.63. The molecule has 0 saturated carbocycles. The third-order valence-corrected chi connectivity index (χ3v) is 4.48. The highest BCUT2D eigenvalue weighted by atomic mass is 32.1. The first-order chi connectivity index (χ1) is 10.6. The summed E-state index contributed by atoms with van der Waals surface area (Å²) >= 11 is 6.83. The van der Waals surface area contributed by atoms with Gasteiger partial charge in [-0.2, -0.15) is 0 Å². The van der Waals surface area contributed by atoms with Gasteiger partial charge in [-0.25, -0.2) is 4.79 Å². The molecule has 22 heavy (non-hydrogen) atoms. The average molecular weight is 334 g/mol. The molecule has 1 heterocycles. The van der Waals surface area contributed by atoms with Gasteiger partial charge < -0.3 is 15.4 Å². The maximum atomic E-state index is 12.0. The number of para-hydroxylation sites is 1. The molecule has 0 aliphatic carbocycles. The van der Waals surface area contributed by atoms with Gasteiger partial charge in [0, 0.05) is 10.6 Å². The number of benzene rings is 1. The lowest BCUT2D eigenvalue weighted by Crippen LogP contribution is -2.20. The van der Waals surface area contributed by atoms with Crippen molar-refractivity contribution < 1.29 is 9.53 Å². The first-order valence-electron chi connectivity index (χ1n) is 6.90. The molecule has 0 radical (unpaired) electrons. The Morgan fingerprint density at radius 1 is 1.27 bits per heavy atom. The standard InChI is InChI=1S/C16H18N2O2S2/c1-4-12-10(2)22-14(13(12)15(19)20-3)18-16(21)17-11-8-6-5-7-9-11/h5-9H,4H2,1-3H3,(H2,17,18,21). The summed E-state index contributed by atoms with van der Waals surface area (Å²) in [5.74, 6) is -0.341. The van der Waals surface area contributed by atoms with Crippen molar-refractivity contribution in [3.05, 3.63) is 46.3 Å². The van der Waals surface area contributed by atoms with Crippen LogP contribution in [-0.2, 0) is 11.2 Å². The molecule has 1 aromatic heterocycles. The van der Waals surface area contributed by atoms with Gasteiger partial charge in [-0.3, -0.25) is 0 Å². The van der Waals surface area contributed by atoms with Gasteiger partial charge in [0.2, 0.25) is 0 Å². The molecule has 2 rings (SSSR count). The van der Waals surface area contributed by atoms with Crippen molar-refractivity contribution in [2.24, 2.45) is 0 Å². The molecule has 116 valence electrons. The van der Waals surface area contributed by atoms with Crippen LogP contribution in [0.3, 0.4) is 0 Å². The molecule has 0 aliphatic rings. The smallest absolute Gasteiger partial charge is 0.341 e. The minimum Gasteiger partial charge on any atom is -0.465 e.